The van der Waals surface area contributed by atoms with Gasteiger partial charge in [0.2, 0.25) is 0 Å². The van der Waals surface area contributed by atoms with Gasteiger partial charge < -0.3 is 24.7 Å². The molecule has 0 amide bonds. The largest absolute Gasteiger partial charge is 0.382 e. The van der Waals surface area contributed by atoms with Crippen molar-refractivity contribution >= 4 is 17.0 Å². The van der Waals surface area contributed by atoms with E-state index in [1.165, 1.54) is 6.33 Å². The lowest BCUT2D eigenvalue weighted by Gasteiger charge is -2.32. The van der Waals surface area contributed by atoms with Gasteiger partial charge >= 0.3 is 0 Å². The van der Waals surface area contributed by atoms with E-state index in [9.17, 15) is 0 Å². The van der Waals surface area contributed by atoms with E-state index < -0.39 is 24.0 Å². The van der Waals surface area contributed by atoms with E-state index in [-0.39, 0.29) is 6.61 Å². The maximum Gasteiger partial charge on any atom is 0.167 e. The molecule has 3 heterocycles. The highest BCUT2D eigenvalue weighted by Gasteiger charge is 2.56. The van der Waals surface area contributed by atoms with Crippen molar-refractivity contribution in [2.45, 2.75) is 37.3 Å². The Morgan fingerprint density at radius 1 is 1.03 bits per heavy atom. The van der Waals surface area contributed by atoms with Gasteiger partial charge in [-0.05, 0) is 11.1 Å². The van der Waals surface area contributed by atoms with E-state index in [4.69, 9.17) is 24.7 Å². The highest BCUT2D eigenvalue weighted by Crippen LogP contribution is 2.43. The van der Waals surface area contributed by atoms with Crippen LogP contribution in [0.1, 0.15) is 17.4 Å². The number of ether oxygens (including phenoxy) is 4. The summed E-state index contributed by atoms with van der Waals surface area (Å²) in [6.45, 7) is 5.10. The Morgan fingerprint density at radius 3 is 2.39 bits per heavy atom. The first kappa shape index (κ1) is 24.1. The van der Waals surface area contributed by atoms with E-state index in [1.807, 2.05) is 60.7 Å². The molecule has 1 aliphatic rings. The number of hydrogen-bond acceptors (Lipinski definition) is 8. The van der Waals surface area contributed by atoms with Gasteiger partial charge in [-0.1, -0.05) is 66.7 Å². The minimum atomic E-state index is -0.996. The molecule has 0 radical (unpaired) electrons. The molecule has 5 rings (SSSR count). The fraction of sp³-hybridized carbons (Fsp3) is 0.296. The predicted octanol–water partition coefficient (Wildman–Crippen LogP) is 3.68. The van der Waals surface area contributed by atoms with Crippen LogP contribution in [0, 0.1) is 0 Å². The molecule has 0 bridgehead atoms. The van der Waals surface area contributed by atoms with Gasteiger partial charge in [-0.2, -0.15) is 0 Å². The van der Waals surface area contributed by atoms with Crippen LogP contribution >= 0.6 is 0 Å². The van der Waals surface area contributed by atoms with E-state index in [0.29, 0.717) is 30.2 Å². The molecule has 36 heavy (non-hydrogen) atoms. The normalized spacial score (nSPS) is 23.8. The number of nitrogens with zero attached hydrogens (tertiary/aromatic N) is 4. The van der Waals surface area contributed by atoms with Gasteiger partial charge in [0.1, 0.15) is 29.7 Å². The molecule has 186 valence electrons. The smallest absolute Gasteiger partial charge is 0.167 e. The summed E-state index contributed by atoms with van der Waals surface area (Å²) in [4.78, 5) is 12.8. The topological polar surface area (TPSA) is 107 Å². The van der Waals surface area contributed by atoms with Crippen molar-refractivity contribution in [3.05, 3.63) is 97.1 Å². The highest BCUT2D eigenvalue weighted by atomic mass is 16.6. The molecule has 2 aromatic carbocycles. The number of imidazole rings is 1. The van der Waals surface area contributed by atoms with Crippen LogP contribution in [0.4, 0.5) is 5.82 Å². The number of fused-ring (bicyclic) bond motifs is 1. The second-order valence-electron chi connectivity index (χ2n) is 8.65. The van der Waals surface area contributed by atoms with Crippen molar-refractivity contribution in [1.82, 2.24) is 19.5 Å². The average molecular weight is 488 g/mol. The second-order valence-corrected chi connectivity index (χ2v) is 8.65. The van der Waals surface area contributed by atoms with Crippen LogP contribution in [0.2, 0.25) is 0 Å². The van der Waals surface area contributed by atoms with E-state index in [1.54, 1.807) is 24.1 Å². The van der Waals surface area contributed by atoms with Crippen LogP contribution in [-0.4, -0.2) is 51.0 Å². The van der Waals surface area contributed by atoms with Crippen molar-refractivity contribution in [2.75, 3.05) is 19.5 Å². The molecule has 9 heteroatoms. The summed E-state index contributed by atoms with van der Waals surface area (Å²) in [7, 11) is 1.63. The molecule has 4 aromatic rings. The molecule has 9 nitrogen and oxygen atoms in total. The zero-order chi connectivity index (χ0) is 25.0. The second kappa shape index (κ2) is 10.5. The number of hydrogen-bond donors (Lipinski definition) is 1. The predicted molar refractivity (Wildman–Crippen MR) is 135 cm³/mol. The van der Waals surface area contributed by atoms with Gasteiger partial charge in [-0.25, -0.2) is 15.0 Å². The first-order valence-electron chi connectivity index (χ1n) is 11.7. The summed E-state index contributed by atoms with van der Waals surface area (Å²) in [6, 6.07) is 19.9. The maximum absolute atomic E-state index is 6.66. The van der Waals surface area contributed by atoms with Crippen LogP contribution < -0.4 is 5.73 Å². The van der Waals surface area contributed by atoms with Crippen molar-refractivity contribution in [1.29, 1.82) is 0 Å². The minimum absolute atomic E-state index is 0.213. The first-order valence-corrected chi connectivity index (χ1v) is 11.7. The van der Waals surface area contributed by atoms with Crippen LogP contribution in [0.5, 0.6) is 0 Å². The maximum atomic E-state index is 6.66. The standard InChI is InChI=1S/C27H29N5O4/c1-3-27(16-34-14-19-10-6-4-7-11-19)23(35-15-20-12-8-5-9-13-20)22(33-2)26(36-27)32-18-31-21-24(28)29-17-30-25(21)32/h3-13,17-18,22-23,26H,1,14-16H2,2H3,(H2,28,29,30)/t22?,23?,26-,27-/m1/s1. The van der Waals surface area contributed by atoms with E-state index >= 15 is 0 Å². The zero-order valence-electron chi connectivity index (χ0n) is 20.1. The molecule has 0 spiro atoms. The zero-order valence-corrected chi connectivity index (χ0v) is 20.1. The Hall–Kier alpha value is -3.63. The third-order valence-corrected chi connectivity index (χ3v) is 6.39. The molecular formula is C27H29N5O4. The summed E-state index contributed by atoms with van der Waals surface area (Å²) < 4.78 is 27.0. The Morgan fingerprint density at radius 2 is 1.72 bits per heavy atom. The number of rotatable bonds is 10. The van der Waals surface area contributed by atoms with Crippen molar-refractivity contribution in [2.24, 2.45) is 0 Å². The Bertz CT molecular complexity index is 1300. The monoisotopic (exact) mass is 487 g/mol. The third-order valence-electron chi connectivity index (χ3n) is 6.39. The highest BCUT2D eigenvalue weighted by molar-refractivity contribution is 5.81. The Kier molecular flexibility index (Phi) is 7.06. The summed E-state index contributed by atoms with van der Waals surface area (Å²) in [6.07, 6.45) is 3.11. The third kappa shape index (κ3) is 4.61. The van der Waals surface area contributed by atoms with Crippen LogP contribution in [0.15, 0.2) is 86.0 Å². The molecule has 2 N–H and O–H groups in total. The van der Waals surface area contributed by atoms with Crippen LogP contribution in [0.25, 0.3) is 11.2 Å². The molecule has 1 saturated heterocycles. The lowest BCUT2D eigenvalue weighted by molar-refractivity contribution is -0.129. The fourth-order valence-electron chi connectivity index (χ4n) is 4.54. The fourth-order valence-corrected chi connectivity index (χ4v) is 4.54. The van der Waals surface area contributed by atoms with Gasteiger partial charge in [-0.3, -0.25) is 4.57 Å². The molecule has 0 aliphatic carbocycles. The Balaban J connectivity index is 1.46. The number of nitrogens with two attached hydrogens (primary N) is 1. The Labute approximate surface area is 209 Å². The van der Waals surface area contributed by atoms with Crippen LogP contribution in [0.3, 0.4) is 0 Å². The summed E-state index contributed by atoms with van der Waals surface area (Å²) in [5.74, 6) is 0.295. The van der Waals surface area contributed by atoms with Crippen molar-refractivity contribution < 1.29 is 18.9 Å². The molecule has 0 saturated carbocycles. The lowest BCUT2D eigenvalue weighted by Crippen LogP contribution is -2.47. The molecule has 1 fully saturated rings. The molecular weight excluding hydrogens is 458 g/mol. The number of benzene rings is 2. The average Bonchev–Trinajstić information content (AvgIpc) is 3.48. The molecule has 2 aromatic heterocycles. The number of nitrogen functional groups attached to an aromatic ring is 1. The first-order chi connectivity index (χ1) is 17.6. The van der Waals surface area contributed by atoms with Gasteiger partial charge in [0, 0.05) is 7.11 Å². The number of aromatic nitrogens is 4. The van der Waals surface area contributed by atoms with Gasteiger partial charge in [0.25, 0.3) is 0 Å². The molecule has 4 atom stereocenters. The van der Waals surface area contributed by atoms with Crippen LogP contribution in [-0.2, 0) is 32.2 Å². The number of anilines is 1. The molecule has 2 unspecified atom stereocenters. The van der Waals surface area contributed by atoms with Gasteiger partial charge in [0.15, 0.2) is 17.7 Å². The van der Waals surface area contributed by atoms with Crippen molar-refractivity contribution in [3.63, 3.8) is 0 Å². The summed E-state index contributed by atoms with van der Waals surface area (Å²) >= 11 is 0. The van der Waals surface area contributed by atoms with Crippen molar-refractivity contribution in [3.8, 4) is 0 Å². The molecule has 1 aliphatic heterocycles. The minimum Gasteiger partial charge on any atom is -0.382 e. The lowest BCUT2D eigenvalue weighted by atomic mass is 9.95. The van der Waals surface area contributed by atoms with Gasteiger partial charge in [0.05, 0.1) is 26.1 Å². The van der Waals surface area contributed by atoms with Gasteiger partial charge in [-0.15, -0.1) is 6.58 Å². The van der Waals surface area contributed by atoms with E-state index in [0.717, 1.165) is 11.1 Å². The summed E-state index contributed by atoms with van der Waals surface area (Å²) in [5, 5.41) is 0. The number of methoxy groups -OCH3 is 1. The van der Waals surface area contributed by atoms with E-state index in [2.05, 4.69) is 21.5 Å². The SMILES string of the molecule is C=C[C@]1(COCc2ccccc2)O[C@@H](n2cnc3c(N)ncnc32)C(OC)C1OCc1ccccc1. The summed E-state index contributed by atoms with van der Waals surface area (Å²) in [5.41, 5.74) is 8.15. The quantitative estimate of drug-likeness (QED) is 0.338.